The molecule has 0 spiro atoms. The number of nitrogens with one attached hydrogen (secondary N) is 1. The highest BCUT2D eigenvalue weighted by atomic mass is 16.6. The summed E-state index contributed by atoms with van der Waals surface area (Å²) in [6, 6.07) is 11.4. The van der Waals surface area contributed by atoms with Gasteiger partial charge in [0, 0.05) is 30.9 Å². The van der Waals surface area contributed by atoms with Crippen LogP contribution in [0, 0.1) is 21.4 Å². The molecule has 2 aromatic carbocycles. The Kier molecular flexibility index (Phi) is 6.72. The number of ether oxygens (including phenoxy) is 2. The number of nitrogens with zero attached hydrogens (tertiary/aromatic N) is 3. The fourth-order valence-corrected chi connectivity index (χ4v) is 3.43. The summed E-state index contributed by atoms with van der Waals surface area (Å²) in [5.41, 5.74) is 1.13. The fraction of sp³-hybridized carbons (Fsp3) is 0.273. The molecule has 1 aliphatic heterocycles. The molecule has 1 N–H and O–H groups in total. The number of nitro groups is 1. The zero-order valence-corrected chi connectivity index (χ0v) is 17.3. The second-order valence-corrected chi connectivity index (χ2v) is 6.89. The Morgan fingerprint density at radius 3 is 2.48 bits per heavy atom. The highest BCUT2D eigenvalue weighted by Crippen LogP contribution is 2.33. The van der Waals surface area contributed by atoms with E-state index < -0.39 is 10.8 Å². The molecule has 1 fully saturated rings. The SMILES string of the molecule is COc1ccc(NC(=O)/C(C#N)=C/c2ccc(N3CCCC3)c([N+](=O)[O-])c2)cc1OC. The Labute approximate surface area is 179 Å². The van der Waals surface area contributed by atoms with E-state index in [2.05, 4.69) is 5.32 Å². The van der Waals surface area contributed by atoms with Crippen LogP contribution in [0.3, 0.4) is 0 Å². The lowest BCUT2D eigenvalue weighted by atomic mass is 10.1. The van der Waals surface area contributed by atoms with Crippen molar-refractivity contribution in [3.8, 4) is 17.6 Å². The molecule has 0 radical (unpaired) electrons. The first-order valence-electron chi connectivity index (χ1n) is 9.65. The maximum Gasteiger partial charge on any atom is 0.293 e. The van der Waals surface area contributed by atoms with Crippen LogP contribution in [0.5, 0.6) is 11.5 Å². The van der Waals surface area contributed by atoms with E-state index in [1.54, 1.807) is 30.3 Å². The normalized spacial score (nSPS) is 13.5. The first kappa shape index (κ1) is 21.6. The van der Waals surface area contributed by atoms with Gasteiger partial charge in [-0.3, -0.25) is 14.9 Å². The third kappa shape index (κ3) is 4.93. The molecular formula is C22H22N4O5. The first-order valence-corrected chi connectivity index (χ1v) is 9.65. The minimum atomic E-state index is -0.638. The van der Waals surface area contributed by atoms with Crippen LogP contribution in [0.15, 0.2) is 42.0 Å². The van der Waals surface area contributed by atoms with Crippen molar-refractivity contribution in [1.29, 1.82) is 5.26 Å². The summed E-state index contributed by atoms with van der Waals surface area (Å²) in [6.07, 6.45) is 3.32. The van der Waals surface area contributed by atoms with Crippen molar-refractivity contribution in [3.63, 3.8) is 0 Å². The predicted molar refractivity (Wildman–Crippen MR) is 116 cm³/mol. The molecule has 0 aromatic heterocycles. The van der Waals surface area contributed by atoms with Gasteiger partial charge in [-0.1, -0.05) is 6.07 Å². The van der Waals surface area contributed by atoms with E-state index in [0.29, 0.717) is 28.4 Å². The number of hydrogen-bond acceptors (Lipinski definition) is 7. The van der Waals surface area contributed by atoms with E-state index in [-0.39, 0.29) is 11.3 Å². The maximum atomic E-state index is 12.6. The Bertz CT molecular complexity index is 1070. The van der Waals surface area contributed by atoms with Crippen LogP contribution in [-0.4, -0.2) is 38.1 Å². The summed E-state index contributed by atoms with van der Waals surface area (Å²) in [6.45, 7) is 1.54. The van der Waals surface area contributed by atoms with Gasteiger partial charge in [0.25, 0.3) is 11.6 Å². The van der Waals surface area contributed by atoms with Crippen molar-refractivity contribution in [2.24, 2.45) is 0 Å². The van der Waals surface area contributed by atoms with Gasteiger partial charge in [0.1, 0.15) is 17.3 Å². The van der Waals surface area contributed by atoms with Crippen molar-refractivity contribution in [3.05, 3.63) is 57.6 Å². The van der Waals surface area contributed by atoms with E-state index in [0.717, 1.165) is 25.9 Å². The molecule has 2 aromatic rings. The van der Waals surface area contributed by atoms with Gasteiger partial charge in [0.2, 0.25) is 0 Å². The van der Waals surface area contributed by atoms with E-state index in [9.17, 15) is 20.2 Å². The van der Waals surface area contributed by atoms with Gasteiger partial charge in [-0.25, -0.2) is 0 Å². The van der Waals surface area contributed by atoms with Crippen molar-refractivity contribution in [2.75, 3.05) is 37.5 Å². The monoisotopic (exact) mass is 422 g/mol. The number of methoxy groups -OCH3 is 2. The molecule has 1 saturated heterocycles. The maximum absolute atomic E-state index is 12.6. The summed E-state index contributed by atoms with van der Waals surface area (Å²) < 4.78 is 10.4. The Morgan fingerprint density at radius 2 is 1.87 bits per heavy atom. The van der Waals surface area contributed by atoms with E-state index in [1.165, 1.54) is 26.4 Å². The molecule has 0 aliphatic carbocycles. The zero-order valence-electron chi connectivity index (χ0n) is 17.3. The van der Waals surface area contributed by atoms with Gasteiger partial charge in [-0.2, -0.15) is 5.26 Å². The van der Waals surface area contributed by atoms with Crippen LogP contribution in [-0.2, 0) is 4.79 Å². The Hall–Kier alpha value is -4.06. The molecule has 1 aliphatic rings. The van der Waals surface area contributed by atoms with Crippen LogP contribution < -0.4 is 19.7 Å². The van der Waals surface area contributed by atoms with Gasteiger partial charge in [0.05, 0.1) is 19.1 Å². The molecule has 9 heteroatoms. The van der Waals surface area contributed by atoms with Crippen molar-refractivity contribution >= 4 is 29.0 Å². The topological polar surface area (TPSA) is 118 Å². The number of hydrogen-bond donors (Lipinski definition) is 1. The largest absolute Gasteiger partial charge is 0.493 e. The van der Waals surface area contributed by atoms with Crippen LogP contribution in [0.2, 0.25) is 0 Å². The minimum absolute atomic E-state index is 0.0479. The third-order valence-corrected chi connectivity index (χ3v) is 4.96. The molecule has 160 valence electrons. The number of benzene rings is 2. The second-order valence-electron chi connectivity index (χ2n) is 6.89. The molecule has 0 bridgehead atoms. The van der Waals surface area contributed by atoms with Gasteiger partial charge in [-0.15, -0.1) is 0 Å². The number of anilines is 2. The lowest BCUT2D eigenvalue weighted by molar-refractivity contribution is -0.384. The number of nitriles is 1. The van der Waals surface area contributed by atoms with Crippen molar-refractivity contribution in [2.45, 2.75) is 12.8 Å². The molecule has 1 heterocycles. The molecular weight excluding hydrogens is 400 g/mol. The second kappa shape index (κ2) is 9.63. The smallest absolute Gasteiger partial charge is 0.293 e. The fourth-order valence-electron chi connectivity index (χ4n) is 3.43. The van der Waals surface area contributed by atoms with Crippen molar-refractivity contribution < 1.29 is 19.2 Å². The summed E-state index contributed by atoms with van der Waals surface area (Å²) in [5.74, 6) is 0.291. The van der Waals surface area contributed by atoms with Gasteiger partial charge in [0.15, 0.2) is 11.5 Å². The van der Waals surface area contributed by atoms with E-state index in [1.807, 2.05) is 11.0 Å². The van der Waals surface area contributed by atoms with Gasteiger partial charge < -0.3 is 19.7 Å². The lowest BCUT2D eigenvalue weighted by Gasteiger charge is -2.17. The van der Waals surface area contributed by atoms with E-state index >= 15 is 0 Å². The van der Waals surface area contributed by atoms with Crippen LogP contribution >= 0.6 is 0 Å². The zero-order chi connectivity index (χ0) is 22.4. The average molecular weight is 422 g/mol. The lowest BCUT2D eigenvalue weighted by Crippen LogP contribution is -2.18. The number of carbonyl (C=O) groups is 1. The average Bonchev–Trinajstić information content (AvgIpc) is 3.31. The molecule has 0 atom stereocenters. The molecule has 3 rings (SSSR count). The van der Waals surface area contributed by atoms with Crippen LogP contribution in [0.4, 0.5) is 17.1 Å². The number of nitro benzene ring substituents is 1. The quantitative estimate of drug-likeness (QED) is 0.312. The van der Waals surface area contributed by atoms with Gasteiger partial charge >= 0.3 is 0 Å². The molecule has 0 unspecified atom stereocenters. The molecule has 0 saturated carbocycles. The minimum Gasteiger partial charge on any atom is -0.493 e. The number of amides is 1. The predicted octanol–water partition coefficient (Wildman–Crippen LogP) is 3.76. The number of rotatable bonds is 7. The molecule has 1 amide bonds. The highest BCUT2D eigenvalue weighted by Gasteiger charge is 2.22. The Balaban J connectivity index is 1.85. The summed E-state index contributed by atoms with van der Waals surface area (Å²) in [4.78, 5) is 25.7. The van der Waals surface area contributed by atoms with Crippen LogP contribution in [0.25, 0.3) is 6.08 Å². The molecule has 9 nitrogen and oxygen atoms in total. The Morgan fingerprint density at radius 1 is 1.16 bits per heavy atom. The third-order valence-electron chi connectivity index (χ3n) is 4.96. The standard InChI is InChI=1S/C22H22N4O5/c1-30-20-8-6-17(13-21(20)31-2)24-22(27)16(14-23)11-15-5-7-18(19(12-15)26(28)29)25-9-3-4-10-25/h5-8,11-13H,3-4,9-10H2,1-2H3,(H,24,27)/b16-11+. The van der Waals surface area contributed by atoms with Crippen LogP contribution in [0.1, 0.15) is 18.4 Å². The van der Waals surface area contributed by atoms with Gasteiger partial charge in [-0.05, 0) is 42.7 Å². The number of carbonyl (C=O) groups excluding carboxylic acids is 1. The first-order chi connectivity index (χ1) is 15.0. The summed E-state index contributed by atoms with van der Waals surface area (Å²) >= 11 is 0. The molecule has 31 heavy (non-hydrogen) atoms. The summed E-state index contributed by atoms with van der Waals surface area (Å²) in [7, 11) is 2.98. The van der Waals surface area contributed by atoms with Crippen molar-refractivity contribution in [1.82, 2.24) is 0 Å². The van der Waals surface area contributed by atoms with E-state index in [4.69, 9.17) is 9.47 Å². The highest BCUT2D eigenvalue weighted by molar-refractivity contribution is 6.09. The summed E-state index contributed by atoms with van der Waals surface area (Å²) in [5, 5.41) is 23.6.